The van der Waals surface area contributed by atoms with Crippen molar-refractivity contribution in [3.63, 3.8) is 0 Å². The van der Waals surface area contributed by atoms with Crippen LogP contribution in [0.25, 0.3) is 0 Å². The van der Waals surface area contributed by atoms with Crippen LogP contribution in [-0.2, 0) is 24.2 Å². The van der Waals surface area contributed by atoms with Gasteiger partial charge in [0.1, 0.15) is 0 Å². The maximum atomic E-state index is 12.2. The van der Waals surface area contributed by atoms with Gasteiger partial charge in [-0.05, 0) is 24.0 Å². The van der Waals surface area contributed by atoms with E-state index in [0.29, 0.717) is 25.5 Å². The Labute approximate surface area is 140 Å². The fourth-order valence-corrected chi connectivity index (χ4v) is 3.31. The van der Waals surface area contributed by atoms with Crippen molar-refractivity contribution in [2.75, 3.05) is 19.8 Å². The van der Waals surface area contributed by atoms with Crippen molar-refractivity contribution >= 4 is 5.91 Å². The number of carbonyl (C=O) groups is 1. The van der Waals surface area contributed by atoms with Crippen molar-refractivity contribution in [3.8, 4) is 0 Å². The number of hydrogen-bond acceptors (Lipinski definition) is 5. The number of carbonyl (C=O) groups excluding carboxylic acids is 1. The molecule has 1 N–H and O–H groups in total. The lowest BCUT2D eigenvalue weighted by Gasteiger charge is -2.27. The number of hydrogen-bond donors (Lipinski definition) is 1. The molecule has 1 aromatic heterocycles. The van der Waals surface area contributed by atoms with Crippen LogP contribution in [0.3, 0.4) is 0 Å². The zero-order valence-electron chi connectivity index (χ0n) is 13.5. The Bertz CT molecular complexity index is 722. The summed E-state index contributed by atoms with van der Waals surface area (Å²) < 4.78 is 10.6. The number of benzene rings is 1. The van der Waals surface area contributed by atoms with Gasteiger partial charge in [0.15, 0.2) is 11.5 Å². The topological polar surface area (TPSA) is 67.6 Å². The van der Waals surface area contributed by atoms with E-state index in [1.807, 2.05) is 0 Å². The molecule has 0 aliphatic carbocycles. The standard InChI is InChI=1S/C18H21N3O3/c22-18(19-15-6-8-23-12-15)17-9-16(24-20-17)11-21-7-5-13-3-1-2-4-14(13)10-21/h1-4,9,15H,5-8,10-12H2,(H,19,22). The molecule has 4 rings (SSSR count). The van der Waals surface area contributed by atoms with Gasteiger partial charge >= 0.3 is 0 Å². The van der Waals surface area contributed by atoms with Crippen LogP contribution >= 0.6 is 0 Å². The third-order valence-electron chi connectivity index (χ3n) is 4.65. The summed E-state index contributed by atoms with van der Waals surface area (Å²) in [5.74, 6) is 0.534. The van der Waals surface area contributed by atoms with E-state index in [-0.39, 0.29) is 11.9 Å². The molecular formula is C18H21N3O3. The second-order valence-electron chi connectivity index (χ2n) is 6.44. The molecule has 0 bridgehead atoms. The zero-order chi connectivity index (χ0) is 16.4. The predicted octanol–water partition coefficient (Wildman–Crippen LogP) is 1.75. The van der Waals surface area contributed by atoms with Crippen molar-refractivity contribution in [3.05, 3.63) is 52.9 Å². The van der Waals surface area contributed by atoms with Gasteiger partial charge in [0.25, 0.3) is 5.91 Å². The number of rotatable bonds is 4. The van der Waals surface area contributed by atoms with Gasteiger partial charge in [-0.15, -0.1) is 0 Å². The lowest BCUT2D eigenvalue weighted by atomic mass is 10.00. The fourth-order valence-electron chi connectivity index (χ4n) is 3.31. The van der Waals surface area contributed by atoms with E-state index in [1.54, 1.807) is 6.07 Å². The molecule has 3 heterocycles. The average Bonchev–Trinajstić information content (AvgIpc) is 3.27. The third-order valence-corrected chi connectivity index (χ3v) is 4.65. The Morgan fingerprint density at radius 1 is 1.33 bits per heavy atom. The SMILES string of the molecule is O=C(NC1CCOC1)c1cc(CN2CCc3ccccc3C2)on1. The van der Waals surface area contributed by atoms with E-state index in [0.717, 1.165) is 31.7 Å². The molecule has 126 valence electrons. The number of aromatic nitrogens is 1. The maximum absolute atomic E-state index is 12.2. The lowest BCUT2D eigenvalue weighted by molar-refractivity contribution is 0.0920. The molecule has 6 nitrogen and oxygen atoms in total. The van der Waals surface area contributed by atoms with Gasteiger partial charge in [-0.2, -0.15) is 0 Å². The van der Waals surface area contributed by atoms with Crippen LogP contribution in [0, 0.1) is 0 Å². The number of fused-ring (bicyclic) bond motifs is 1. The highest BCUT2D eigenvalue weighted by Gasteiger charge is 2.22. The Balaban J connectivity index is 1.36. The molecule has 0 spiro atoms. The molecule has 24 heavy (non-hydrogen) atoms. The van der Waals surface area contributed by atoms with Crippen LogP contribution in [0.15, 0.2) is 34.9 Å². The third kappa shape index (κ3) is 3.34. The first-order valence-electron chi connectivity index (χ1n) is 8.41. The Morgan fingerprint density at radius 3 is 3.04 bits per heavy atom. The van der Waals surface area contributed by atoms with Gasteiger partial charge in [0.05, 0.1) is 19.2 Å². The minimum Gasteiger partial charge on any atom is -0.379 e. The van der Waals surface area contributed by atoms with E-state index in [9.17, 15) is 4.79 Å². The van der Waals surface area contributed by atoms with E-state index in [2.05, 4.69) is 39.6 Å². The van der Waals surface area contributed by atoms with Crippen molar-refractivity contribution < 1.29 is 14.1 Å². The van der Waals surface area contributed by atoms with Gasteiger partial charge in [-0.25, -0.2) is 0 Å². The molecule has 1 atom stereocenters. The monoisotopic (exact) mass is 327 g/mol. The Morgan fingerprint density at radius 2 is 2.21 bits per heavy atom. The summed E-state index contributed by atoms with van der Waals surface area (Å²) >= 11 is 0. The molecule has 1 unspecified atom stereocenters. The summed E-state index contributed by atoms with van der Waals surface area (Å²) in [7, 11) is 0. The summed E-state index contributed by atoms with van der Waals surface area (Å²) in [5, 5.41) is 6.84. The number of ether oxygens (including phenoxy) is 1. The first kappa shape index (κ1) is 15.4. The Hall–Kier alpha value is -2.18. The van der Waals surface area contributed by atoms with Crippen LogP contribution in [0.2, 0.25) is 0 Å². The molecule has 2 aliphatic rings. The van der Waals surface area contributed by atoms with Crippen LogP contribution < -0.4 is 5.32 Å². The molecule has 2 aromatic rings. The van der Waals surface area contributed by atoms with Crippen molar-refractivity contribution in [2.24, 2.45) is 0 Å². The van der Waals surface area contributed by atoms with Crippen molar-refractivity contribution in [2.45, 2.75) is 32.0 Å². The van der Waals surface area contributed by atoms with E-state index in [4.69, 9.17) is 9.26 Å². The minimum absolute atomic E-state index is 0.0799. The molecule has 6 heteroatoms. The number of nitrogens with one attached hydrogen (secondary N) is 1. The molecule has 1 aromatic carbocycles. The quantitative estimate of drug-likeness (QED) is 0.927. The zero-order valence-corrected chi connectivity index (χ0v) is 13.5. The highest BCUT2D eigenvalue weighted by Crippen LogP contribution is 2.20. The predicted molar refractivity (Wildman–Crippen MR) is 87.5 cm³/mol. The first-order chi connectivity index (χ1) is 11.8. The second-order valence-corrected chi connectivity index (χ2v) is 6.44. The summed E-state index contributed by atoms with van der Waals surface area (Å²) in [4.78, 5) is 14.5. The molecule has 0 saturated carbocycles. The molecule has 1 fully saturated rings. The summed E-state index contributed by atoms with van der Waals surface area (Å²) in [6, 6.07) is 10.3. The first-order valence-corrected chi connectivity index (χ1v) is 8.41. The summed E-state index contributed by atoms with van der Waals surface area (Å²) in [5.41, 5.74) is 3.13. The molecule has 2 aliphatic heterocycles. The molecule has 1 saturated heterocycles. The minimum atomic E-state index is -0.190. The van der Waals surface area contributed by atoms with Crippen molar-refractivity contribution in [1.82, 2.24) is 15.4 Å². The molecule has 0 radical (unpaired) electrons. The average molecular weight is 327 g/mol. The maximum Gasteiger partial charge on any atom is 0.273 e. The lowest BCUT2D eigenvalue weighted by Crippen LogP contribution is -2.35. The fraction of sp³-hybridized carbons (Fsp3) is 0.444. The van der Waals surface area contributed by atoms with Gasteiger partial charge in [-0.3, -0.25) is 9.69 Å². The van der Waals surface area contributed by atoms with Gasteiger partial charge < -0.3 is 14.6 Å². The van der Waals surface area contributed by atoms with E-state index >= 15 is 0 Å². The largest absolute Gasteiger partial charge is 0.379 e. The summed E-state index contributed by atoms with van der Waals surface area (Å²) in [6.07, 6.45) is 1.89. The number of amides is 1. The van der Waals surface area contributed by atoms with Gasteiger partial charge in [0, 0.05) is 25.8 Å². The smallest absolute Gasteiger partial charge is 0.273 e. The normalized spacial score (nSPS) is 20.8. The molecular weight excluding hydrogens is 306 g/mol. The van der Waals surface area contributed by atoms with Crippen LogP contribution in [0.1, 0.15) is 33.8 Å². The van der Waals surface area contributed by atoms with Crippen LogP contribution in [0.5, 0.6) is 0 Å². The highest BCUT2D eigenvalue weighted by molar-refractivity contribution is 5.92. The van der Waals surface area contributed by atoms with Gasteiger partial charge in [-0.1, -0.05) is 29.4 Å². The number of nitrogens with zero attached hydrogens (tertiary/aromatic N) is 2. The summed E-state index contributed by atoms with van der Waals surface area (Å²) in [6.45, 7) is 3.83. The van der Waals surface area contributed by atoms with Crippen LogP contribution in [-0.4, -0.2) is 41.8 Å². The van der Waals surface area contributed by atoms with Crippen LogP contribution in [0.4, 0.5) is 0 Å². The molecule has 1 amide bonds. The Kier molecular flexibility index (Phi) is 4.32. The van der Waals surface area contributed by atoms with Crippen molar-refractivity contribution in [1.29, 1.82) is 0 Å². The van der Waals surface area contributed by atoms with E-state index < -0.39 is 0 Å². The van der Waals surface area contributed by atoms with E-state index in [1.165, 1.54) is 11.1 Å². The van der Waals surface area contributed by atoms with Gasteiger partial charge in [0.2, 0.25) is 0 Å². The highest BCUT2D eigenvalue weighted by atomic mass is 16.5. The second kappa shape index (κ2) is 6.75.